The van der Waals surface area contributed by atoms with Crippen molar-refractivity contribution < 1.29 is 0 Å². The van der Waals surface area contributed by atoms with Gasteiger partial charge in [-0.2, -0.15) is 0 Å². The Balaban J connectivity index is 1.91. The highest BCUT2D eigenvalue weighted by atomic mass is 15.1. The minimum absolute atomic E-state index is 0.272. The maximum atomic E-state index is 6.40. The normalized spacial score (nSPS) is 22.0. The lowest BCUT2D eigenvalue weighted by Gasteiger charge is -2.36. The van der Waals surface area contributed by atoms with Gasteiger partial charge in [0.15, 0.2) is 0 Å². The van der Waals surface area contributed by atoms with Crippen LogP contribution in [0.2, 0.25) is 0 Å². The molecule has 0 bridgehead atoms. The van der Waals surface area contributed by atoms with Crippen LogP contribution < -0.4 is 5.73 Å². The quantitative estimate of drug-likeness (QED) is 0.891. The van der Waals surface area contributed by atoms with Crippen molar-refractivity contribution in [3.63, 3.8) is 0 Å². The highest BCUT2D eigenvalue weighted by Crippen LogP contribution is 2.39. The zero-order valence-electron chi connectivity index (χ0n) is 12.0. The van der Waals surface area contributed by atoms with E-state index in [4.69, 9.17) is 5.73 Å². The summed E-state index contributed by atoms with van der Waals surface area (Å²) in [7, 11) is 0. The first-order chi connectivity index (χ1) is 8.52. The van der Waals surface area contributed by atoms with E-state index in [2.05, 4.69) is 30.3 Å². The van der Waals surface area contributed by atoms with Gasteiger partial charge in [-0.3, -0.25) is 0 Å². The van der Waals surface area contributed by atoms with Gasteiger partial charge in [0.05, 0.1) is 0 Å². The zero-order valence-corrected chi connectivity index (χ0v) is 12.0. The number of aromatic nitrogens is 2. The van der Waals surface area contributed by atoms with Crippen LogP contribution in [0.15, 0.2) is 12.4 Å². The van der Waals surface area contributed by atoms with Gasteiger partial charge in [0, 0.05) is 31.4 Å². The lowest BCUT2D eigenvalue weighted by Crippen LogP contribution is -2.37. The van der Waals surface area contributed by atoms with Crippen molar-refractivity contribution in [1.82, 2.24) is 9.55 Å². The van der Waals surface area contributed by atoms with Crippen LogP contribution in [0.25, 0.3) is 0 Å². The predicted octanol–water partition coefficient (Wildman–Crippen LogP) is 2.99. The Hall–Kier alpha value is -0.830. The molecule has 0 radical (unpaired) electrons. The summed E-state index contributed by atoms with van der Waals surface area (Å²) in [6, 6.07) is 0.272. The standard InChI is InChI=1S/C15H27N3/c1-4-18-10-9-17-14(18)11-13(16)12-5-7-15(2,3)8-6-12/h9-10,12-13H,4-8,11,16H2,1-3H3. The molecule has 1 atom stereocenters. The minimum Gasteiger partial charge on any atom is -0.335 e. The summed E-state index contributed by atoms with van der Waals surface area (Å²) in [5, 5.41) is 0. The molecule has 1 aromatic rings. The molecule has 0 saturated heterocycles. The maximum Gasteiger partial charge on any atom is 0.110 e. The SMILES string of the molecule is CCn1ccnc1CC(N)C1CCC(C)(C)CC1. The van der Waals surface area contributed by atoms with Crippen LogP contribution in [0, 0.1) is 11.3 Å². The Morgan fingerprint density at radius 2 is 2.11 bits per heavy atom. The molecule has 2 rings (SSSR count). The van der Waals surface area contributed by atoms with Crippen molar-refractivity contribution in [2.24, 2.45) is 17.1 Å². The van der Waals surface area contributed by atoms with Crippen LogP contribution in [0.1, 0.15) is 52.3 Å². The number of hydrogen-bond acceptors (Lipinski definition) is 2. The molecule has 1 fully saturated rings. The molecule has 1 aliphatic carbocycles. The van der Waals surface area contributed by atoms with E-state index in [0.717, 1.165) is 18.8 Å². The maximum absolute atomic E-state index is 6.40. The molecule has 1 heterocycles. The fourth-order valence-corrected chi connectivity index (χ4v) is 3.05. The summed E-state index contributed by atoms with van der Waals surface area (Å²) in [6.45, 7) is 7.89. The molecule has 3 nitrogen and oxygen atoms in total. The van der Waals surface area contributed by atoms with Crippen molar-refractivity contribution in [2.75, 3.05) is 0 Å². The fourth-order valence-electron chi connectivity index (χ4n) is 3.05. The molecule has 1 aromatic heterocycles. The second kappa shape index (κ2) is 5.43. The smallest absolute Gasteiger partial charge is 0.110 e. The molecule has 0 amide bonds. The Morgan fingerprint density at radius 3 is 2.72 bits per heavy atom. The number of aryl methyl sites for hydroxylation is 1. The Morgan fingerprint density at radius 1 is 1.44 bits per heavy atom. The van der Waals surface area contributed by atoms with E-state index in [1.165, 1.54) is 25.7 Å². The van der Waals surface area contributed by atoms with Crippen LogP contribution in [-0.4, -0.2) is 15.6 Å². The molecule has 1 saturated carbocycles. The third-order valence-corrected chi connectivity index (χ3v) is 4.55. The van der Waals surface area contributed by atoms with Gasteiger partial charge in [-0.15, -0.1) is 0 Å². The van der Waals surface area contributed by atoms with Crippen molar-refractivity contribution in [1.29, 1.82) is 0 Å². The number of nitrogens with zero attached hydrogens (tertiary/aromatic N) is 2. The van der Waals surface area contributed by atoms with Crippen molar-refractivity contribution in [3.8, 4) is 0 Å². The van der Waals surface area contributed by atoms with E-state index in [-0.39, 0.29) is 6.04 Å². The average molecular weight is 249 g/mol. The summed E-state index contributed by atoms with van der Waals surface area (Å²) >= 11 is 0. The minimum atomic E-state index is 0.272. The lowest BCUT2D eigenvalue weighted by molar-refractivity contribution is 0.172. The Labute approximate surface area is 111 Å². The molecule has 1 aliphatic rings. The molecule has 18 heavy (non-hydrogen) atoms. The van der Waals surface area contributed by atoms with Crippen molar-refractivity contribution in [2.45, 2.75) is 65.5 Å². The third-order valence-electron chi connectivity index (χ3n) is 4.55. The van der Waals surface area contributed by atoms with Crippen LogP contribution >= 0.6 is 0 Å². The Kier molecular flexibility index (Phi) is 4.10. The first kappa shape index (κ1) is 13.6. The van der Waals surface area contributed by atoms with Gasteiger partial charge in [-0.1, -0.05) is 13.8 Å². The molecule has 2 N–H and O–H groups in total. The van der Waals surface area contributed by atoms with E-state index in [9.17, 15) is 0 Å². The highest BCUT2D eigenvalue weighted by Gasteiger charge is 2.30. The van der Waals surface area contributed by atoms with Gasteiger partial charge in [-0.25, -0.2) is 4.98 Å². The van der Waals surface area contributed by atoms with Crippen LogP contribution in [0.3, 0.4) is 0 Å². The number of hydrogen-bond donors (Lipinski definition) is 1. The van der Waals surface area contributed by atoms with E-state index in [1.54, 1.807) is 0 Å². The number of nitrogens with two attached hydrogens (primary N) is 1. The topological polar surface area (TPSA) is 43.8 Å². The molecular weight excluding hydrogens is 222 g/mol. The fraction of sp³-hybridized carbons (Fsp3) is 0.800. The molecule has 0 aromatic carbocycles. The molecular formula is C15H27N3. The van der Waals surface area contributed by atoms with Gasteiger partial charge in [0.25, 0.3) is 0 Å². The monoisotopic (exact) mass is 249 g/mol. The average Bonchev–Trinajstić information content (AvgIpc) is 2.76. The molecule has 0 spiro atoms. The highest BCUT2D eigenvalue weighted by molar-refractivity contribution is 4.97. The second-order valence-corrected chi connectivity index (χ2v) is 6.50. The van der Waals surface area contributed by atoms with Crippen molar-refractivity contribution in [3.05, 3.63) is 18.2 Å². The number of imidazole rings is 1. The second-order valence-electron chi connectivity index (χ2n) is 6.50. The summed E-state index contributed by atoms with van der Waals surface area (Å²) in [6.07, 6.45) is 10.0. The predicted molar refractivity (Wildman–Crippen MR) is 75.3 cm³/mol. The lowest BCUT2D eigenvalue weighted by atomic mass is 9.71. The van der Waals surface area contributed by atoms with Gasteiger partial charge in [-0.05, 0) is 43.9 Å². The molecule has 0 aliphatic heterocycles. The first-order valence-electron chi connectivity index (χ1n) is 7.27. The van der Waals surface area contributed by atoms with Gasteiger partial charge in [0.1, 0.15) is 5.82 Å². The van der Waals surface area contributed by atoms with Gasteiger partial charge < -0.3 is 10.3 Å². The summed E-state index contributed by atoms with van der Waals surface area (Å²) < 4.78 is 2.20. The first-order valence-corrected chi connectivity index (χ1v) is 7.27. The van der Waals surface area contributed by atoms with E-state index < -0.39 is 0 Å². The summed E-state index contributed by atoms with van der Waals surface area (Å²) in [5.41, 5.74) is 6.92. The van der Waals surface area contributed by atoms with E-state index >= 15 is 0 Å². The van der Waals surface area contributed by atoms with Crippen LogP contribution in [0.4, 0.5) is 0 Å². The summed E-state index contributed by atoms with van der Waals surface area (Å²) in [5.74, 6) is 1.83. The molecule has 102 valence electrons. The molecule has 1 unspecified atom stereocenters. The zero-order chi connectivity index (χ0) is 13.2. The van der Waals surface area contributed by atoms with Gasteiger partial charge in [0.2, 0.25) is 0 Å². The molecule has 3 heteroatoms. The summed E-state index contributed by atoms with van der Waals surface area (Å²) in [4.78, 5) is 4.43. The third kappa shape index (κ3) is 3.14. The van der Waals surface area contributed by atoms with Crippen LogP contribution in [0.5, 0.6) is 0 Å². The van der Waals surface area contributed by atoms with Gasteiger partial charge >= 0.3 is 0 Å². The van der Waals surface area contributed by atoms with E-state index in [0.29, 0.717) is 11.3 Å². The van der Waals surface area contributed by atoms with Crippen molar-refractivity contribution >= 4 is 0 Å². The number of rotatable bonds is 4. The largest absolute Gasteiger partial charge is 0.335 e. The van der Waals surface area contributed by atoms with E-state index in [1.807, 2.05) is 12.4 Å². The van der Waals surface area contributed by atoms with Crippen LogP contribution in [-0.2, 0) is 13.0 Å². The Bertz CT molecular complexity index is 371.